The molecule has 0 aliphatic heterocycles. The molecule has 0 amide bonds. The zero-order chi connectivity index (χ0) is 15.1. The van der Waals surface area contributed by atoms with Gasteiger partial charge in [0.15, 0.2) is 0 Å². The number of pyridine rings is 1. The number of aryl methyl sites for hydroxylation is 1. The van der Waals surface area contributed by atoms with Crippen LogP contribution in [0, 0.1) is 6.92 Å². The number of nitrogens with one attached hydrogen (secondary N) is 1. The molecule has 2 rings (SSSR count). The number of benzene rings is 1. The first-order valence-corrected chi connectivity index (χ1v) is 7.49. The van der Waals surface area contributed by atoms with Crippen LogP contribution in [-0.2, 0) is 12.8 Å². The van der Waals surface area contributed by atoms with Crippen molar-refractivity contribution >= 4 is 0 Å². The Hall–Kier alpha value is -1.87. The van der Waals surface area contributed by atoms with Crippen LogP contribution in [0.15, 0.2) is 42.6 Å². The molecule has 0 spiro atoms. The van der Waals surface area contributed by atoms with E-state index >= 15 is 0 Å². The molecule has 0 fully saturated rings. The summed E-state index contributed by atoms with van der Waals surface area (Å²) in [5.41, 5.74) is 3.92. The third-order valence-corrected chi connectivity index (χ3v) is 3.55. The van der Waals surface area contributed by atoms with E-state index in [9.17, 15) is 0 Å². The van der Waals surface area contributed by atoms with Crippen LogP contribution in [-0.4, -0.2) is 24.7 Å². The van der Waals surface area contributed by atoms with Gasteiger partial charge in [-0.15, -0.1) is 0 Å². The van der Waals surface area contributed by atoms with E-state index in [0.717, 1.165) is 19.4 Å². The van der Waals surface area contributed by atoms with Gasteiger partial charge in [-0.2, -0.15) is 0 Å². The van der Waals surface area contributed by atoms with Crippen molar-refractivity contribution in [1.82, 2.24) is 10.3 Å². The number of methoxy groups -OCH3 is 1. The van der Waals surface area contributed by atoms with E-state index in [4.69, 9.17) is 4.74 Å². The molecule has 1 unspecified atom stereocenters. The summed E-state index contributed by atoms with van der Waals surface area (Å²) in [5.74, 6) is 0.664. The maximum absolute atomic E-state index is 5.10. The van der Waals surface area contributed by atoms with E-state index in [1.807, 2.05) is 12.3 Å². The van der Waals surface area contributed by atoms with E-state index in [2.05, 4.69) is 54.5 Å². The first-order chi connectivity index (χ1) is 10.2. The molecule has 0 aliphatic carbocycles. The molecule has 112 valence electrons. The van der Waals surface area contributed by atoms with Gasteiger partial charge in [0.25, 0.3) is 0 Å². The van der Waals surface area contributed by atoms with Gasteiger partial charge < -0.3 is 10.1 Å². The monoisotopic (exact) mass is 284 g/mol. The van der Waals surface area contributed by atoms with Crippen LogP contribution in [0.25, 0.3) is 0 Å². The lowest BCUT2D eigenvalue weighted by atomic mass is 9.99. The molecule has 3 heteroatoms. The molecular weight excluding hydrogens is 260 g/mol. The van der Waals surface area contributed by atoms with E-state index in [1.54, 1.807) is 7.11 Å². The highest BCUT2D eigenvalue weighted by atomic mass is 16.5. The van der Waals surface area contributed by atoms with E-state index in [-0.39, 0.29) is 0 Å². The van der Waals surface area contributed by atoms with Gasteiger partial charge in [0.1, 0.15) is 0 Å². The molecule has 0 saturated heterocycles. The Bertz CT molecular complexity index is 551. The van der Waals surface area contributed by atoms with E-state index < -0.39 is 0 Å². The summed E-state index contributed by atoms with van der Waals surface area (Å²) in [4.78, 5) is 4.28. The second kappa shape index (κ2) is 7.79. The number of hydrogen-bond acceptors (Lipinski definition) is 3. The molecule has 2 aromatic rings. The summed E-state index contributed by atoms with van der Waals surface area (Å²) >= 11 is 0. The fourth-order valence-electron chi connectivity index (χ4n) is 2.57. The molecule has 1 N–H and O–H groups in total. The van der Waals surface area contributed by atoms with Gasteiger partial charge in [-0.1, -0.05) is 42.8 Å². The van der Waals surface area contributed by atoms with Gasteiger partial charge in [0.05, 0.1) is 7.11 Å². The SMILES string of the molecule is CCNC(Cc1ccc(OC)nc1)Cc1cccc(C)c1. The molecule has 0 bridgehead atoms. The van der Waals surface area contributed by atoms with Crippen molar-refractivity contribution in [3.63, 3.8) is 0 Å². The van der Waals surface area contributed by atoms with E-state index in [0.29, 0.717) is 11.9 Å². The van der Waals surface area contributed by atoms with Crippen molar-refractivity contribution < 1.29 is 4.74 Å². The second-order valence-electron chi connectivity index (χ2n) is 5.36. The highest BCUT2D eigenvalue weighted by Crippen LogP contribution is 2.12. The van der Waals surface area contributed by atoms with Crippen molar-refractivity contribution in [1.29, 1.82) is 0 Å². The Kier molecular flexibility index (Phi) is 5.76. The number of hydrogen-bond donors (Lipinski definition) is 1. The normalized spacial score (nSPS) is 12.1. The van der Waals surface area contributed by atoms with Crippen LogP contribution in [0.1, 0.15) is 23.6 Å². The third-order valence-electron chi connectivity index (χ3n) is 3.55. The predicted octanol–water partition coefficient (Wildman–Crippen LogP) is 3.16. The zero-order valence-corrected chi connectivity index (χ0v) is 13.1. The number of aromatic nitrogens is 1. The summed E-state index contributed by atoms with van der Waals surface area (Å²) in [6, 6.07) is 13.2. The quantitative estimate of drug-likeness (QED) is 0.848. The number of likely N-dealkylation sites (N-methyl/N-ethyl adjacent to an activating group) is 1. The van der Waals surface area contributed by atoms with Crippen LogP contribution in [0.3, 0.4) is 0 Å². The van der Waals surface area contributed by atoms with Gasteiger partial charge in [0, 0.05) is 18.3 Å². The molecule has 1 aromatic carbocycles. The van der Waals surface area contributed by atoms with Crippen LogP contribution in [0.2, 0.25) is 0 Å². The van der Waals surface area contributed by atoms with Crippen molar-refractivity contribution in [3.8, 4) is 5.88 Å². The topological polar surface area (TPSA) is 34.1 Å². The summed E-state index contributed by atoms with van der Waals surface area (Å²) in [7, 11) is 1.64. The first kappa shape index (κ1) is 15.5. The summed E-state index contributed by atoms with van der Waals surface area (Å²) < 4.78 is 5.10. The lowest BCUT2D eigenvalue weighted by Crippen LogP contribution is -2.33. The molecule has 0 radical (unpaired) electrons. The number of rotatable bonds is 7. The Morgan fingerprint density at radius 2 is 1.95 bits per heavy atom. The van der Waals surface area contributed by atoms with Gasteiger partial charge in [-0.05, 0) is 37.4 Å². The molecule has 1 aromatic heterocycles. The molecule has 0 aliphatic rings. The van der Waals surface area contributed by atoms with Gasteiger partial charge in [0.2, 0.25) is 5.88 Å². The Labute approximate surface area is 127 Å². The summed E-state index contributed by atoms with van der Waals surface area (Å²) in [6.45, 7) is 5.26. The fourth-order valence-corrected chi connectivity index (χ4v) is 2.57. The second-order valence-corrected chi connectivity index (χ2v) is 5.36. The molecule has 1 heterocycles. The standard InChI is InChI=1S/C18H24N2O/c1-4-19-17(11-15-7-5-6-14(2)10-15)12-16-8-9-18(21-3)20-13-16/h5-10,13,17,19H,4,11-12H2,1-3H3. The molecular formula is C18H24N2O. The molecule has 1 atom stereocenters. The van der Waals surface area contributed by atoms with Crippen molar-refractivity contribution in [2.24, 2.45) is 0 Å². The summed E-state index contributed by atoms with van der Waals surface area (Å²) in [5, 5.41) is 3.57. The Balaban J connectivity index is 2.04. The highest BCUT2D eigenvalue weighted by Gasteiger charge is 2.10. The van der Waals surface area contributed by atoms with Crippen molar-refractivity contribution in [2.45, 2.75) is 32.7 Å². The maximum Gasteiger partial charge on any atom is 0.212 e. The lowest BCUT2D eigenvalue weighted by molar-refractivity contribution is 0.397. The van der Waals surface area contributed by atoms with Crippen LogP contribution >= 0.6 is 0 Å². The highest BCUT2D eigenvalue weighted by molar-refractivity contribution is 5.24. The smallest absolute Gasteiger partial charge is 0.212 e. The predicted molar refractivity (Wildman–Crippen MR) is 86.8 cm³/mol. The molecule has 21 heavy (non-hydrogen) atoms. The minimum absolute atomic E-state index is 0.423. The Morgan fingerprint density at radius 1 is 1.14 bits per heavy atom. The van der Waals surface area contributed by atoms with Crippen LogP contribution in [0.4, 0.5) is 0 Å². The van der Waals surface area contributed by atoms with Gasteiger partial charge >= 0.3 is 0 Å². The minimum atomic E-state index is 0.423. The molecule has 3 nitrogen and oxygen atoms in total. The maximum atomic E-state index is 5.10. The zero-order valence-electron chi connectivity index (χ0n) is 13.1. The van der Waals surface area contributed by atoms with Gasteiger partial charge in [-0.3, -0.25) is 0 Å². The largest absolute Gasteiger partial charge is 0.481 e. The number of nitrogens with zero attached hydrogens (tertiary/aromatic N) is 1. The Morgan fingerprint density at radius 3 is 2.57 bits per heavy atom. The van der Waals surface area contributed by atoms with Gasteiger partial charge in [-0.25, -0.2) is 4.98 Å². The average molecular weight is 284 g/mol. The lowest BCUT2D eigenvalue weighted by Gasteiger charge is -2.18. The van der Waals surface area contributed by atoms with Crippen molar-refractivity contribution in [2.75, 3.05) is 13.7 Å². The minimum Gasteiger partial charge on any atom is -0.481 e. The summed E-state index contributed by atoms with van der Waals surface area (Å²) in [6.07, 6.45) is 3.90. The number of ether oxygens (including phenoxy) is 1. The first-order valence-electron chi connectivity index (χ1n) is 7.49. The fraction of sp³-hybridized carbons (Fsp3) is 0.389. The third kappa shape index (κ3) is 4.87. The van der Waals surface area contributed by atoms with Crippen molar-refractivity contribution in [3.05, 3.63) is 59.3 Å². The average Bonchev–Trinajstić information content (AvgIpc) is 2.48. The van der Waals surface area contributed by atoms with Crippen LogP contribution in [0.5, 0.6) is 5.88 Å². The van der Waals surface area contributed by atoms with E-state index in [1.165, 1.54) is 16.7 Å². The van der Waals surface area contributed by atoms with Crippen LogP contribution < -0.4 is 10.1 Å². The molecule has 0 saturated carbocycles.